The number of hydrogen-bond acceptors (Lipinski definition) is 4. The lowest BCUT2D eigenvalue weighted by Crippen LogP contribution is -2.13. The van der Waals surface area contributed by atoms with Crippen LogP contribution in [0.4, 0.5) is 5.82 Å². The van der Waals surface area contributed by atoms with Crippen molar-refractivity contribution in [3.63, 3.8) is 0 Å². The smallest absolute Gasteiger partial charge is 0.337 e. The van der Waals surface area contributed by atoms with Crippen LogP contribution in [0.3, 0.4) is 0 Å². The highest BCUT2D eigenvalue weighted by atomic mass is 35.5. The number of aromatic nitrogens is 2. The number of hydrogen-bond donors (Lipinski definition) is 2. The Morgan fingerprint density at radius 2 is 1.75 bits per heavy atom. The molecular formula is C12H7Cl2N3O3. The number of amides is 1. The molecule has 6 nitrogen and oxygen atoms in total. The van der Waals surface area contributed by atoms with Crippen molar-refractivity contribution in [3.8, 4) is 0 Å². The van der Waals surface area contributed by atoms with E-state index >= 15 is 0 Å². The fraction of sp³-hybridized carbons (Fsp3) is 0. The van der Waals surface area contributed by atoms with Crippen LogP contribution in [0.2, 0.25) is 10.3 Å². The highest BCUT2D eigenvalue weighted by molar-refractivity contribution is 6.33. The number of halogens is 2. The zero-order valence-electron chi connectivity index (χ0n) is 9.80. The number of carbonyl (C=O) groups excluding carboxylic acids is 1. The molecule has 2 N–H and O–H groups in total. The quantitative estimate of drug-likeness (QED) is 0.850. The minimum atomic E-state index is -1.09. The van der Waals surface area contributed by atoms with E-state index in [2.05, 4.69) is 15.3 Å². The molecule has 102 valence electrons. The van der Waals surface area contributed by atoms with Crippen LogP contribution < -0.4 is 5.32 Å². The number of anilines is 1. The van der Waals surface area contributed by atoms with Gasteiger partial charge in [0.1, 0.15) is 16.1 Å². The Morgan fingerprint density at radius 1 is 1.10 bits per heavy atom. The average molecular weight is 312 g/mol. The molecule has 0 aliphatic heterocycles. The van der Waals surface area contributed by atoms with Crippen molar-refractivity contribution in [1.29, 1.82) is 0 Å². The molecule has 0 radical (unpaired) electrons. The number of pyridine rings is 2. The molecule has 0 atom stereocenters. The highest BCUT2D eigenvalue weighted by Crippen LogP contribution is 2.16. The molecule has 20 heavy (non-hydrogen) atoms. The minimum Gasteiger partial charge on any atom is -0.478 e. The number of carboxylic acid groups (broad SMARTS) is 1. The van der Waals surface area contributed by atoms with Gasteiger partial charge in [0.2, 0.25) is 0 Å². The largest absolute Gasteiger partial charge is 0.478 e. The maximum atomic E-state index is 11.9. The second-order valence-corrected chi connectivity index (χ2v) is 4.47. The number of nitrogens with one attached hydrogen (secondary N) is 1. The Hall–Kier alpha value is -2.18. The summed E-state index contributed by atoms with van der Waals surface area (Å²) < 4.78 is 0. The standard InChI is InChI=1S/C12H7Cl2N3O3/c13-8-3-7(4-9(14)16-8)11(18)17-10-2-1-6(5-15-10)12(19)20/h1-5H,(H,19,20)(H,15,17,18). The van der Waals surface area contributed by atoms with Gasteiger partial charge in [-0.3, -0.25) is 4.79 Å². The van der Waals surface area contributed by atoms with E-state index in [-0.39, 0.29) is 27.3 Å². The van der Waals surface area contributed by atoms with E-state index in [4.69, 9.17) is 28.3 Å². The predicted octanol–water partition coefficient (Wildman–Crippen LogP) is 2.73. The summed E-state index contributed by atoms with van der Waals surface area (Å²) in [5.41, 5.74) is 0.247. The molecule has 0 unspecified atom stereocenters. The molecule has 2 rings (SSSR count). The highest BCUT2D eigenvalue weighted by Gasteiger charge is 2.10. The SMILES string of the molecule is O=C(O)c1ccc(NC(=O)c2cc(Cl)nc(Cl)c2)nc1. The van der Waals surface area contributed by atoms with Crippen LogP contribution in [0.15, 0.2) is 30.5 Å². The first-order valence-corrected chi connectivity index (χ1v) is 6.05. The Bertz CT molecular complexity index is 654. The van der Waals surface area contributed by atoms with E-state index in [1.54, 1.807) is 0 Å². The molecule has 0 bridgehead atoms. The Kier molecular flexibility index (Phi) is 4.16. The molecule has 2 aromatic rings. The number of aromatic carboxylic acids is 1. The molecular weight excluding hydrogens is 305 g/mol. The maximum absolute atomic E-state index is 11.9. The van der Waals surface area contributed by atoms with E-state index in [0.29, 0.717) is 0 Å². The van der Waals surface area contributed by atoms with Crippen LogP contribution >= 0.6 is 23.2 Å². The van der Waals surface area contributed by atoms with Crippen LogP contribution in [0, 0.1) is 0 Å². The predicted molar refractivity (Wildman–Crippen MR) is 73.4 cm³/mol. The summed E-state index contributed by atoms with van der Waals surface area (Å²) >= 11 is 11.4. The summed E-state index contributed by atoms with van der Waals surface area (Å²) in [5, 5.41) is 11.4. The lowest BCUT2D eigenvalue weighted by Gasteiger charge is -2.05. The summed E-state index contributed by atoms with van der Waals surface area (Å²) in [5.74, 6) is -1.36. The first-order valence-electron chi connectivity index (χ1n) is 5.29. The number of carboxylic acids is 1. The molecule has 0 aliphatic carbocycles. The van der Waals surface area contributed by atoms with Crippen molar-refractivity contribution in [3.05, 3.63) is 51.9 Å². The third kappa shape index (κ3) is 3.43. The zero-order chi connectivity index (χ0) is 14.7. The van der Waals surface area contributed by atoms with E-state index in [0.717, 1.165) is 6.20 Å². The van der Waals surface area contributed by atoms with Crippen molar-refractivity contribution in [1.82, 2.24) is 9.97 Å². The fourth-order valence-corrected chi connectivity index (χ4v) is 1.84. The Morgan fingerprint density at radius 3 is 2.25 bits per heavy atom. The molecule has 0 saturated heterocycles. The number of carbonyl (C=O) groups is 2. The van der Waals surface area contributed by atoms with Gasteiger partial charge in [0.05, 0.1) is 5.56 Å². The van der Waals surface area contributed by atoms with E-state index < -0.39 is 11.9 Å². The van der Waals surface area contributed by atoms with Crippen molar-refractivity contribution in [2.45, 2.75) is 0 Å². The molecule has 2 heterocycles. The molecule has 8 heteroatoms. The van der Waals surface area contributed by atoms with Gasteiger partial charge in [-0.2, -0.15) is 0 Å². The minimum absolute atomic E-state index is 0.0259. The van der Waals surface area contributed by atoms with Gasteiger partial charge < -0.3 is 10.4 Å². The third-order valence-corrected chi connectivity index (χ3v) is 2.66. The summed E-state index contributed by atoms with van der Waals surface area (Å²) in [4.78, 5) is 30.1. The van der Waals surface area contributed by atoms with Crippen LogP contribution in [-0.4, -0.2) is 27.0 Å². The molecule has 0 spiro atoms. The first-order chi connectivity index (χ1) is 9.45. The van der Waals surface area contributed by atoms with Crippen molar-refractivity contribution in [2.75, 3.05) is 5.32 Å². The van der Waals surface area contributed by atoms with E-state index in [1.807, 2.05) is 0 Å². The molecule has 0 fully saturated rings. The maximum Gasteiger partial charge on any atom is 0.337 e. The van der Waals surface area contributed by atoms with E-state index in [1.165, 1.54) is 24.3 Å². The second-order valence-electron chi connectivity index (χ2n) is 3.69. The van der Waals surface area contributed by atoms with Crippen molar-refractivity contribution >= 4 is 40.9 Å². The third-order valence-electron chi connectivity index (χ3n) is 2.28. The van der Waals surface area contributed by atoms with Gasteiger partial charge >= 0.3 is 5.97 Å². The van der Waals surface area contributed by atoms with Gasteiger partial charge in [0, 0.05) is 11.8 Å². The summed E-state index contributed by atoms with van der Waals surface area (Å²) in [7, 11) is 0. The second kappa shape index (κ2) is 5.85. The normalized spacial score (nSPS) is 10.1. The van der Waals surface area contributed by atoms with Gasteiger partial charge in [-0.25, -0.2) is 14.8 Å². The van der Waals surface area contributed by atoms with Gasteiger partial charge in [0.25, 0.3) is 5.91 Å². The van der Waals surface area contributed by atoms with Crippen LogP contribution in [0.25, 0.3) is 0 Å². The van der Waals surface area contributed by atoms with Crippen molar-refractivity contribution < 1.29 is 14.7 Å². The first kappa shape index (κ1) is 14.2. The lowest BCUT2D eigenvalue weighted by atomic mass is 10.2. The summed E-state index contributed by atoms with van der Waals surface area (Å²) in [6, 6.07) is 5.42. The fourth-order valence-electron chi connectivity index (χ4n) is 1.38. The number of rotatable bonds is 3. The summed E-state index contributed by atoms with van der Waals surface area (Å²) in [6.07, 6.45) is 1.14. The molecule has 0 aromatic carbocycles. The van der Waals surface area contributed by atoms with Gasteiger partial charge in [-0.15, -0.1) is 0 Å². The van der Waals surface area contributed by atoms with Crippen LogP contribution in [0.5, 0.6) is 0 Å². The lowest BCUT2D eigenvalue weighted by molar-refractivity contribution is 0.0696. The van der Waals surface area contributed by atoms with Crippen molar-refractivity contribution in [2.24, 2.45) is 0 Å². The topological polar surface area (TPSA) is 92.2 Å². The van der Waals surface area contributed by atoms with Crippen LogP contribution in [0.1, 0.15) is 20.7 Å². The average Bonchev–Trinajstić information content (AvgIpc) is 2.38. The van der Waals surface area contributed by atoms with Crippen LogP contribution in [-0.2, 0) is 0 Å². The Balaban J connectivity index is 2.16. The van der Waals surface area contributed by atoms with Gasteiger partial charge in [-0.05, 0) is 24.3 Å². The number of nitrogens with zero attached hydrogens (tertiary/aromatic N) is 2. The molecule has 0 aliphatic rings. The molecule has 1 amide bonds. The van der Waals surface area contributed by atoms with Gasteiger partial charge in [0.15, 0.2) is 0 Å². The van der Waals surface area contributed by atoms with Gasteiger partial charge in [-0.1, -0.05) is 23.2 Å². The summed E-state index contributed by atoms with van der Waals surface area (Å²) in [6.45, 7) is 0. The molecule has 2 aromatic heterocycles. The van der Waals surface area contributed by atoms with E-state index in [9.17, 15) is 9.59 Å². The monoisotopic (exact) mass is 311 g/mol. The zero-order valence-corrected chi connectivity index (χ0v) is 11.3. The molecule has 0 saturated carbocycles. The Labute approximate surface area is 123 Å².